The minimum absolute atomic E-state index is 0.0294. The third-order valence-electron chi connectivity index (χ3n) is 2.38. The lowest BCUT2D eigenvalue weighted by atomic mass is 10.2. The van der Waals surface area contributed by atoms with Gasteiger partial charge in [0.25, 0.3) is 10.1 Å². The number of rotatable bonds is 6. The summed E-state index contributed by atoms with van der Waals surface area (Å²) in [6.07, 6.45) is 3.36. The molecular formula is C10H22N2O3S. The quantitative estimate of drug-likeness (QED) is 0.704. The molecule has 0 aliphatic carbocycles. The lowest BCUT2D eigenvalue weighted by Crippen LogP contribution is -2.43. The summed E-state index contributed by atoms with van der Waals surface area (Å²) in [5.74, 6) is 0.0294. The van der Waals surface area contributed by atoms with E-state index in [0.29, 0.717) is 6.54 Å². The van der Waals surface area contributed by atoms with Crippen LogP contribution in [0.3, 0.4) is 0 Å². The van der Waals surface area contributed by atoms with Gasteiger partial charge in [0.1, 0.15) is 0 Å². The molecule has 0 saturated carbocycles. The molecular weight excluding hydrogens is 228 g/mol. The molecule has 0 aromatic carbocycles. The highest BCUT2D eigenvalue weighted by Crippen LogP contribution is 2.05. The third-order valence-corrected chi connectivity index (χ3v) is 3.76. The van der Waals surface area contributed by atoms with Crippen molar-refractivity contribution < 1.29 is 12.6 Å². The van der Waals surface area contributed by atoms with Crippen molar-refractivity contribution >= 4 is 10.1 Å². The zero-order chi connectivity index (χ0) is 12.0. The van der Waals surface area contributed by atoms with Crippen LogP contribution in [0, 0.1) is 0 Å². The molecule has 0 spiro atoms. The Balaban J connectivity index is 2.18. The minimum atomic E-state index is -3.37. The fraction of sp³-hybridized carbons (Fsp3) is 1.00. The summed E-state index contributed by atoms with van der Waals surface area (Å²) in [6, 6.07) is 0. The molecule has 1 aliphatic rings. The molecule has 0 bridgehead atoms. The van der Waals surface area contributed by atoms with Crippen LogP contribution in [-0.4, -0.2) is 44.9 Å². The molecule has 1 saturated heterocycles. The van der Waals surface area contributed by atoms with Crippen molar-refractivity contribution in [3.05, 3.63) is 0 Å². The number of hydrogen-bond acceptors (Lipinski definition) is 5. The Morgan fingerprint density at radius 3 is 2.44 bits per heavy atom. The first-order valence-corrected chi connectivity index (χ1v) is 7.47. The summed E-state index contributed by atoms with van der Waals surface area (Å²) in [5, 5.41) is 2.09. The van der Waals surface area contributed by atoms with Crippen LogP contribution in [0.5, 0.6) is 0 Å². The van der Waals surface area contributed by atoms with Crippen molar-refractivity contribution in [3.63, 3.8) is 0 Å². The second kappa shape index (κ2) is 6.54. The largest absolute Gasteiger partial charge is 0.268 e. The van der Waals surface area contributed by atoms with Gasteiger partial charge < -0.3 is 0 Å². The predicted molar refractivity (Wildman–Crippen MR) is 63.4 cm³/mol. The average Bonchev–Trinajstić information content (AvgIpc) is 2.16. The van der Waals surface area contributed by atoms with Crippen LogP contribution in [0.4, 0.5) is 0 Å². The molecule has 5 nitrogen and oxygen atoms in total. The Labute approximate surface area is 98.2 Å². The van der Waals surface area contributed by atoms with Gasteiger partial charge in [0, 0.05) is 19.6 Å². The topological polar surface area (TPSA) is 58.6 Å². The van der Waals surface area contributed by atoms with Crippen LogP contribution in [0.15, 0.2) is 0 Å². The van der Waals surface area contributed by atoms with E-state index in [-0.39, 0.29) is 11.9 Å². The van der Waals surface area contributed by atoms with Crippen molar-refractivity contribution in [2.45, 2.75) is 39.2 Å². The molecule has 96 valence electrons. The van der Waals surface area contributed by atoms with E-state index >= 15 is 0 Å². The maximum atomic E-state index is 11.4. The first kappa shape index (κ1) is 13.9. The summed E-state index contributed by atoms with van der Waals surface area (Å²) in [7, 11) is -3.37. The summed E-state index contributed by atoms with van der Waals surface area (Å²) in [4.78, 5) is 0. The maximum Gasteiger partial charge on any atom is 0.268 e. The van der Waals surface area contributed by atoms with Crippen LogP contribution in [-0.2, 0) is 14.3 Å². The third kappa shape index (κ3) is 5.79. The van der Waals surface area contributed by atoms with Crippen LogP contribution in [0.2, 0.25) is 0 Å². The summed E-state index contributed by atoms with van der Waals surface area (Å²) < 4.78 is 27.6. The van der Waals surface area contributed by atoms with Crippen molar-refractivity contribution in [2.75, 3.05) is 25.4 Å². The average molecular weight is 250 g/mol. The summed E-state index contributed by atoms with van der Waals surface area (Å²) >= 11 is 0. The fourth-order valence-electron chi connectivity index (χ4n) is 1.72. The Morgan fingerprint density at radius 2 is 1.88 bits per heavy atom. The van der Waals surface area contributed by atoms with Gasteiger partial charge in [-0.1, -0.05) is 6.42 Å². The summed E-state index contributed by atoms with van der Waals surface area (Å²) in [5.41, 5.74) is 3.13. The Bertz CT molecular complexity index is 284. The molecule has 1 aliphatic heterocycles. The minimum Gasteiger partial charge on any atom is -0.267 e. The van der Waals surface area contributed by atoms with Crippen molar-refractivity contribution in [1.29, 1.82) is 0 Å². The van der Waals surface area contributed by atoms with Crippen molar-refractivity contribution in [2.24, 2.45) is 0 Å². The molecule has 1 rings (SSSR count). The van der Waals surface area contributed by atoms with Gasteiger partial charge in [0.15, 0.2) is 0 Å². The van der Waals surface area contributed by atoms with Crippen LogP contribution in [0.25, 0.3) is 0 Å². The van der Waals surface area contributed by atoms with E-state index in [0.717, 1.165) is 13.1 Å². The van der Waals surface area contributed by atoms with Gasteiger partial charge in [0.2, 0.25) is 0 Å². The van der Waals surface area contributed by atoms with E-state index in [1.54, 1.807) is 13.8 Å². The molecule has 1 N–H and O–H groups in total. The smallest absolute Gasteiger partial charge is 0.267 e. The molecule has 0 aromatic rings. The number of hydrazine groups is 1. The van der Waals surface area contributed by atoms with Crippen LogP contribution < -0.4 is 5.43 Å². The Hall–Kier alpha value is -0.170. The molecule has 0 atom stereocenters. The molecule has 0 radical (unpaired) electrons. The van der Waals surface area contributed by atoms with E-state index in [1.165, 1.54) is 19.3 Å². The zero-order valence-corrected chi connectivity index (χ0v) is 10.9. The lowest BCUT2D eigenvalue weighted by molar-refractivity contribution is 0.158. The molecule has 1 heterocycles. The molecule has 1 fully saturated rings. The molecule has 6 heteroatoms. The normalized spacial score (nSPS) is 19.2. The monoisotopic (exact) mass is 250 g/mol. The maximum absolute atomic E-state index is 11.4. The first-order chi connectivity index (χ1) is 7.49. The van der Waals surface area contributed by atoms with Crippen molar-refractivity contribution in [1.82, 2.24) is 10.4 Å². The van der Waals surface area contributed by atoms with Gasteiger partial charge in [-0.2, -0.15) is 8.42 Å². The molecule has 16 heavy (non-hydrogen) atoms. The highest BCUT2D eigenvalue weighted by molar-refractivity contribution is 7.86. The Kier molecular flexibility index (Phi) is 5.68. The fourth-order valence-corrected chi connectivity index (χ4v) is 2.75. The number of piperidine rings is 1. The van der Waals surface area contributed by atoms with Gasteiger partial charge in [-0.15, -0.1) is 0 Å². The van der Waals surface area contributed by atoms with Crippen LogP contribution >= 0.6 is 0 Å². The van der Waals surface area contributed by atoms with Gasteiger partial charge in [-0.25, -0.2) is 5.01 Å². The van der Waals surface area contributed by atoms with Gasteiger partial charge in [0.05, 0.1) is 11.9 Å². The molecule has 0 aromatic heterocycles. The number of hydrogen-bond donors (Lipinski definition) is 1. The number of nitrogens with one attached hydrogen (secondary N) is 1. The summed E-state index contributed by atoms with van der Waals surface area (Å²) in [6.45, 7) is 5.87. The van der Waals surface area contributed by atoms with E-state index < -0.39 is 10.1 Å². The van der Waals surface area contributed by atoms with E-state index in [2.05, 4.69) is 10.4 Å². The Morgan fingerprint density at radius 1 is 1.25 bits per heavy atom. The SMILES string of the molecule is CC(C)OS(=O)(=O)CCNN1CCCCC1. The van der Waals surface area contributed by atoms with Crippen molar-refractivity contribution in [3.8, 4) is 0 Å². The number of nitrogens with zero attached hydrogens (tertiary/aromatic N) is 1. The van der Waals surface area contributed by atoms with Gasteiger partial charge >= 0.3 is 0 Å². The molecule has 0 unspecified atom stereocenters. The van der Waals surface area contributed by atoms with E-state index in [4.69, 9.17) is 4.18 Å². The van der Waals surface area contributed by atoms with Crippen LogP contribution in [0.1, 0.15) is 33.1 Å². The standard InChI is InChI=1S/C10H22N2O3S/c1-10(2)15-16(13,14)9-6-11-12-7-4-3-5-8-12/h10-11H,3-9H2,1-2H3. The van der Waals surface area contributed by atoms with Gasteiger partial charge in [-0.05, 0) is 26.7 Å². The van der Waals surface area contributed by atoms with Gasteiger partial charge in [-0.3, -0.25) is 9.61 Å². The second-order valence-corrected chi connectivity index (χ2v) is 6.08. The highest BCUT2D eigenvalue weighted by atomic mass is 32.2. The van der Waals surface area contributed by atoms with E-state index in [9.17, 15) is 8.42 Å². The second-order valence-electron chi connectivity index (χ2n) is 4.36. The lowest BCUT2D eigenvalue weighted by Gasteiger charge is -2.26. The molecule has 0 amide bonds. The first-order valence-electron chi connectivity index (χ1n) is 5.89. The van der Waals surface area contributed by atoms with E-state index in [1.807, 2.05) is 0 Å². The predicted octanol–water partition coefficient (Wildman–Crippen LogP) is 0.732. The highest BCUT2D eigenvalue weighted by Gasteiger charge is 2.15. The zero-order valence-electron chi connectivity index (χ0n) is 10.1.